The number of carbonyl (C=O) groups excluding carboxylic acids is 1. The fourth-order valence-corrected chi connectivity index (χ4v) is 4.49. The summed E-state index contributed by atoms with van der Waals surface area (Å²) in [5.74, 6) is -1.24. The standard InChI is InChI=1S/C19H21N3O5S/c23-17-9-5-7-15(18(17)24)13-20-21-19(25)14-6-4-8-16(12-14)28(26,27)22-10-2-1-3-11-22/h4-9,12-13,23-24H,1-3,10-11H2,(H,21,25). The number of benzene rings is 2. The quantitative estimate of drug-likeness (QED) is 0.401. The normalized spacial score (nSPS) is 15.6. The minimum absolute atomic E-state index is 0.0663. The van der Waals surface area contributed by atoms with Crippen molar-refractivity contribution in [2.75, 3.05) is 13.1 Å². The highest BCUT2D eigenvalue weighted by Crippen LogP contribution is 2.26. The van der Waals surface area contributed by atoms with Gasteiger partial charge in [0.25, 0.3) is 5.91 Å². The number of amides is 1. The fraction of sp³-hybridized carbons (Fsp3) is 0.263. The van der Waals surface area contributed by atoms with E-state index in [1.54, 1.807) is 0 Å². The van der Waals surface area contributed by atoms with Crippen LogP contribution in [0.5, 0.6) is 11.5 Å². The van der Waals surface area contributed by atoms with Crippen molar-refractivity contribution in [3.05, 3.63) is 53.6 Å². The Balaban J connectivity index is 1.73. The number of piperidine rings is 1. The first-order valence-corrected chi connectivity index (χ1v) is 10.3. The third-order valence-corrected chi connectivity index (χ3v) is 6.36. The van der Waals surface area contributed by atoms with Crippen LogP contribution in [-0.2, 0) is 10.0 Å². The highest BCUT2D eigenvalue weighted by molar-refractivity contribution is 7.89. The van der Waals surface area contributed by atoms with Crippen LogP contribution in [-0.4, -0.2) is 48.1 Å². The SMILES string of the molecule is O=C(NN=Cc1cccc(O)c1O)c1cccc(S(=O)(=O)N2CCCCC2)c1. The van der Waals surface area contributed by atoms with Gasteiger partial charge < -0.3 is 10.2 Å². The molecule has 3 rings (SSSR count). The molecular formula is C19H21N3O5S. The molecule has 1 aliphatic rings. The molecule has 0 aromatic heterocycles. The van der Waals surface area contributed by atoms with E-state index < -0.39 is 15.9 Å². The van der Waals surface area contributed by atoms with E-state index in [4.69, 9.17) is 0 Å². The maximum Gasteiger partial charge on any atom is 0.271 e. The smallest absolute Gasteiger partial charge is 0.271 e. The Labute approximate surface area is 163 Å². The van der Waals surface area contributed by atoms with Crippen LogP contribution in [0.1, 0.15) is 35.2 Å². The van der Waals surface area contributed by atoms with Crippen molar-refractivity contribution in [1.82, 2.24) is 9.73 Å². The summed E-state index contributed by atoms with van der Waals surface area (Å²) in [6.45, 7) is 0.965. The van der Waals surface area contributed by atoms with Crippen molar-refractivity contribution in [2.24, 2.45) is 5.10 Å². The van der Waals surface area contributed by atoms with Gasteiger partial charge in [0.15, 0.2) is 11.5 Å². The molecule has 0 aliphatic carbocycles. The van der Waals surface area contributed by atoms with Gasteiger partial charge in [-0.3, -0.25) is 4.79 Å². The molecule has 1 heterocycles. The number of rotatable bonds is 5. The lowest BCUT2D eigenvalue weighted by Crippen LogP contribution is -2.35. The molecule has 2 aromatic rings. The van der Waals surface area contributed by atoms with Crippen molar-refractivity contribution < 1.29 is 23.4 Å². The number of sulfonamides is 1. The van der Waals surface area contributed by atoms with E-state index in [9.17, 15) is 23.4 Å². The van der Waals surface area contributed by atoms with Crippen LogP contribution in [0.15, 0.2) is 52.5 Å². The molecule has 1 amide bonds. The van der Waals surface area contributed by atoms with Gasteiger partial charge in [0.1, 0.15) is 0 Å². The first-order valence-electron chi connectivity index (χ1n) is 8.84. The van der Waals surface area contributed by atoms with E-state index in [1.165, 1.54) is 53.0 Å². The van der Waals surface area contributed by atoms with Crippen LogP contribution in [0.2, 0.25) is 0 Å². The van der Waals surface area contributed by atoms with E-state index in [-0.39, 0.29) is 27.5 Å². The summed E-state index contributed by atoms with van der Waals surface area (Å²) in [7, 11) is -3.64. The van der Waals surface area contributed by atoms with Crippen molar-refractivity contribution in [3.8, 4) is 11.5 Å². The Morgan fingerprint density at radius 2 is 1.79 bits per heavy atom. The zero-order valence-electron chi connectivity index (χ0n) is 15.1. The molecule has 1 aliphatic heterocycles. The average molecular weight is 403 g/mol. The van der Waals surface area contributed by atoms with Crippen LogP contribution in [0.3, 0.4) is 0 Å². The number of nitrogens with zero attached hydrogens (tertiary/aromatic N) is 2. The number of hydrogen-bond donors (Lipinski definition) is 3. The van der Waals surface area contributed by atoms with E-state index in [0.717, 1.165) is 19.3 Å². The summed E-state index contributed by atoms with van der Waals surface area (Å²) >= 11 is 0. The third kappa shape index (κ3) is 4.32. The molecule has 0 spiro atoms. The van der Waals surface area contributed by atoms with E-state index in [1.807, 2.05) is 0 Å². The van der Waals surface area contributed by atoms with Crippen molar-refractivity contribution in [2.45, 2.75) is 24.2 Å². The molecular weight excluding hydrogens is 382 g/mol. The Bertz CT molecular complexity index is 998. The largest absolute Gasteiger partial charge is 0.504 e. The second kappa shape index (κ2) is 8.41. The number of para-hydroxylation sites is 1. The van der Waals surface area contributed by atoms with Gasteiger partial charge in [0.05, 0.1) is 11.1 Å². The monoisotopic (exact) mass is 403 g/mol. The van der Waals surface area contributed by atoms with Crippen LogP contribution in [0.25, 0.3) is 0 Å². The third-order valence-electron chi connectivity index (χ3n) is 4.46. The Kier molecular flexibility index (Phi) is 5.96. The first-order chi connectivity index (χ1) is 13.4. The lowest BCUT2D eigenvalue weighted by atomic mass is 10.2. The summed E-state index contributed by atoms with van der Waals surface area (Å²) in [4.78, 5) is 12.4. The minimum Gasteiger partial charge on any atom is -0.504 e. The van der Waals surface area contributed by atoms with Crippen LogP contribution in [0.4, 0.5) is 0 Å². The highest BCUT2D eigenvalue weighted by atomic mass is 32.2. The number of hydrazone groups is 1. The zero-order valence-corrected chi connectivity index (χ0v) is 15.9. The molecule has 3 N–H and O–H groups in total. The van der Waals surface area contributed by atoms with Crippen LogP contribution in [0, 0.1) is 0 Å². The predicted octanol–water partition coefficient (Wildman–Crippen LogP) is 2.04. The number of carbonyl (C=O) groups is 1. The van der Waals surface area contributed by atoms with E-state index >= 15 is 0 Å². The lowest BCUT2D eigenvalue weighted by molar-refractivity contribution is 0.0955. The van der Waals surface area contributed by atoms with Crippen molar-refractivity contribution in [3.63, 3.8) is 0 Å². The van der Waals surface area contributed by atoms with Gasteiger partial charge in [-0.25, -0.2) is 13.8 Å². The molecule has 148 valence electrons. The van der Waals surface area contributed by atoms with Gasteiger partial charge >= 0.3 is 0 Å². The second-order valence-electron chi connectivity index (χ2n) is 6.41. The molecule has 8 nitrogen and oxygen atoms in total. The number of hydrogen-bond acceptors (Lipinski definition) is 6. The minimum atomic E-state index is -3.64. The van der Waals surface area contributed by atoms with E-state index in [2.05, 4.69) is 10.5 Å². The summed E-state index contributed by atoms with van der Waals surface area (Å²) in [6, 6.07) is 10.1. The highest BCUT2D eigenvalue weighted by Gasteiger charge is 2.26. The Morgan fingerprint density at radius 3 is 2.54 bits per heavy atom. The molecule has 0 radical (unpaired) electrons. The molecule has 0 bridgehead atoms. The summed E-state index contributed by atoms with van der Waals surface area (Å²) in [5, 5.41) is 22.9. The lowest BCUT2D eigenvalue weighted by Gasteiger charge is -2.25. The van der Waals surface area contributed by atoms with Gasteiger partial charge in [-0.05, 0) is 43.2 Å². The summed E-state index contributed by atoms with van der Waals surface area (Å²) < 4.78 is 26.9. The number of nitrogens with one attached hydrogen (secondary N) is 1. The van der Waals surface area contributed by atoms with Gasteiger partial charge in [-0.2, -0.15) is 9.41 Å². The fourth-order valence-electron chi connectivity index (χ4n) is 2.93. The Hall–Kier alpha value is -2.91. The van der Waals surface area contributed by atoms with Crippen molar-refractivity contribution >= 4 is 22.1 Å². The Morgan fingerprint density at radius 1 is 1.07 bits per heavy atom. The maximum absolute atomic E-state index is 12.7. The average Bonchev–Trinajstić information content (AvgIpc) is 2.72. The molecule has 1 saturated heterocycles. The number of aromatic hydroxyl groups is 2. The van der Waals surface area contributed by atoms with Crippen LogP contribution >= 0.6 is 0 Å². The molecule has 9 heteroatoms. The molecule has 0 unspecified atom stereocenters. The van der Waals surface area contributed by atoms with Crippen LogP contribution < -0.4 is 5.43 Å². The zero-order chi connectivity index (χ0) is 20.1. The van der Waals surface area contributed by atoms with Gasteiger partial charge in [0.2, 0.25) is 10.0 Å². The first kappa shape index (κ1) is 19.8. The molecule has 0 saturated carbocycles. The number of phenols is 2. The molecule has 0 atom stereocenters. The van der Waals surface area contributed by atoms with Crippen molar-refractivity contribution in [1.29, 1.82) is 0 Å². The summed E-state index contributed by atoms with van der Waals surface area (Å²) in [5.41, 5.74) is 2.65. The van der Waals surface area contributed by atoms with Gasteiger partial charge in [0, 0.05) is 24.2 Å². The predicted molar refractivity (Wildman–Crippen MR) is 104 cm³/mol. The van der Waals surface area contributed by atoms with Gasteiger partial charge in [-0.15, -0.1) is 0 Å². The summed E-state index contributed by atoms with van der Waals surface area (Å²) in [6.07, 6.45) is 3.86. The maximum atomic E-state index is 12.7. The van der Waals surface area contributed by atoms with E-state index in [0.29, 0.717) is 13.1 Å². The second-order valence-corrected chi connectivity index (χ2v) is 8.34. The molecule has 1 fully saturated rings. The molecule has 28 heavy (non-hydrogen) atoms. The molecule has 2 aromatic carbocycles. The topological polar surface area (TPSA) is 119 Å². The van der Waals surface area contributed by atoms with Gasteiger partial charge in [-0.1, -0.05) is 18.6 Å². The number of phenolic OH excluding ortho intramolecular Hbond substituents is 2.